The van der Waals surface area contributed by atoms with Gasteiger partial charge in [-0.2, -0.15) is 0 Å². The van der Waals surface area contributed by atoms with E-state index in [4.69, 9.17) is 18.6 Å². The predicted octanol–water partition coefficient (Wildman–Crippen LogP) is 4.61. The van der Waals surface area contributed by atoms with Crippen LogP contribution in [0.1, 0.15) is 11.1 Å². The van der Waals surface area contributed by atoms with E-state index in [9.17, 15) is 4.79 Å². The molecule has 4 aromatic rings. The Kier molecular flexibility index (Phi) is 5.56. The molecule has 5 rings (SSSR count). The zero-order valence-electron chi connectivity index (χ0n) is 18.9. The molecule has 2 heterocycles. The third-order valence-electron chi connectivity index (χ3n) is 6.14. The Bertz CT molecular complexity index is 1340. The number of fused-ring (bicyclic) bond motifs is 4. The van der Waals surface area contributed by atoms with Crippen molar-refractivity contribution in [3.8, 4) is 17.2 Å². The molecule has 1 N–H and O–H groups in total. The monoisotopic (exact) mass is 446 g/mol. The molecule has 0 saturated heterocycles. The molecule has 0 fully saturated rings. The van der Waals surface area contributed by atoms with Crippen molar-refractivity contribution in [3.63, 3.8) is 0 Å². The van der Waals surface area contributed by atoms with E-state index in [1.807, 2.05) is 48.5 Å². The molecule has 0 aliphatic carbocycles. The molecular weight excluding hydrogens is 420 g/mol. The Morgan fingerprint density at radius 2 is 1.64 bits per heavy atom. The molecule has 0 unspecified atom stereocenters. The molecule has 0 spiro atoms. The second kappa shape index (κ2) is 8.67. The molecule has 1 aliphatic rings. The van der Waals surface area contributed by atoms with E-state index in [2.05, 4.69) is 10.2 Å². The first-order valence-electron chi connectivity index (χ1n) is 10.8. The number of nitrogens with one attached hydrogen (secondary N) is 1. The average molecular weight is 447 g/mol. The van der Waals surface area contributed by atoms with Crippen molar-refractivity contribution in [2.75, 3.05) is 39.7 Å². The Morgan fingerprint density at radius 3 is 2.39 bits per heavy atom. The molecule has 0 radical (unpaired) electrons. The van der Waals surface area contributed by atoms with Gasteiger partial charge < -0.3 is 23.9 Å². The number of hydrogen-bond acceptors (Lipinski definition) is 6. The number of carbonyl (C=O) groups is 1. The van der Waals surface area contributed by atoms with Gasteiger partial charge in [0.2, 0.25) is 5.91 Å². The first-order chi connectivity index (χ1) is 16.1. The maximum atomic E-state index is 12.9. The minimum absolute atomic E-state index is 0.104. The van der Waals surface area contributed by atoms with E-state index in [-0.39, 0.29) is 12.5 Å². The lowest BCUT2D eigenvalue weighted by Gasteiger charge is -2.29. The van der Waals surface area contributed by atoms with Crippen molar-refractivity contribution in [2.24, 2.45) is 0 Å². The quantitative estimate of drug-likeness (QED) is 0.466. The molecule has 0 bridgehead atoms. The topological polar surface area (TPSA) is 73.2 Å². The van der Waals surface area contributed by atoms with Crippen LogP contribution >= 0.6 is 0 Å². The van der Waals surface area contributed by atoms with Gasteiger partial charge in [-0.15, -0.1) is 0 Å². The maximum Gasteiger partial charge on any atom is 0.238 e. The van der Waals surface area contributed by atoms with Gasteiger partial charge in [-0.3, -0.25) is 9.69 Å². The van der Waals surface area contributed by atoms with Crippen molar-refractivity contribution < 1.29 is 23.4 Å². The van der Waals surface area contributed by atoms with E-state index in [1.165, 1.54) is 5.56 Å². The van der Waals surface area contributed by atoms with Crippen molar-refractivity contribution in [1.29, 1.82) is 0 Å². The minimum atomic E-state index is -0.104. The lowest BCUT2D eigenvalue weighted by atomic mass is 9.99. The van der Waals surface area contributed by atoms with E-state index in [1.54, 1.807) is 21.3 Å². The number of benzene rings is 3. The first-order valence-corrected chi connectivity index (χ1v) is 10.8. The third-order valence-corrected chi connectivity index (χ3v) is 6.14. The first kappa shape index (κ1) is 21.2. The molecule has 1 amide bonds. The van der Waals surface area contributed by atoms with Crippen molar-refractivity contribution >= 4 is 33.5 Å². The third kappa shape index (κ3) is 3.96. The molecule has 7 nitrogen and oxygen atoms in total. The highest BCUT2D eigenvalue weighted by atomic mass is 16.5. The van der Waals surface area contributed by atoms with Gasteiger partial charge in [-0.05, 0) is 41.8 Å². The number of nitrogens with zero attached hydrogens (tertiary/aromatic N) is 1. The summed E-state index contributed by atoms with van der Waals surface area (Å²) in [5, 5.41) is 4.97. The fourth-order valence-electron chi connectivity index (χ4n) is 4.49. The van der Waals surface area contributed by atoms with Crippen LogP contribution in [-0.4, -0.2) is 45.2 Å². The van der Waals surface area contributed by atoms with Gasteiger partial charge >= 0.3 is 0 Å². The fourth-order valence-corrected chi connectivity index (χ4v) is 4.49. The van der Waals surface area contributed by atoms with Crippen LogP contribution in [0.15, 0.2) is 52.9 Å². The van der Waals surface area contributed by atoms with Gasteiger partial charge in [0.15, 0.2) is 11.5 Å². The van der Waals surface area contributed by atoms with Gasteiger partial charge in [0.1, 0.15) is 16.9 Å². The molecule has 0 atom stereocenters. The average Bonchev–Trinajstić information content (AvgIpc) is 3.19. The molecule has 7 heteroatoms. The molecule has 3 aromatic carbocycles. The number of amides is 1. The van der Waals surface area contributed by atoms with Crippen LogP contribution in [0.2, 0.25) is 0 Å². The molecule has 0 saturated carbocycles. The summed E-state index contributed by atoms with van der Waals surface area (Å²) in [4.78, 5) is 15.0. The number of ether oxygens (including phenoxy) is 3. The van der Waals surface area contributed by atoms with Gasteiger partial charge in [-0.1, -0.05) is 18.2 Å². The van der Waals surface area contributed by atoms with Crippen molar-refractivity contribution in [1.82, 2.24) is 4.90 Å². The van der Waals surface area contributed by atoms with Gasteiger partial charge in [-0.25, -0.2) is 0 Å². The smallest absolute Gasteiger partial charge is 0.238 e. The van der Waals surface area contributed by atoms with Crippen LogP contribution < -0.4 is 19.5 Å². The minimum Gasteiger partial charge on any atom is -0.495 e. The summed E-state index contributed by atoms with van der Waals surface area (Å²) in [5.41, 5.74) is 4.48. The lowest BCUT2D eigenvalue weighted by Crippen LogP contribution is -2.37. The van der Waals surface area contributed by atoms with Crippen LogP contribution in [-0.2, 0) is 17.8 Å². The summed E-state index contributed by atoms with van der Waals surface area (Å²) in [7, 11) is 4.87. The van der Waals surface area contributed by atoms with E-state index < -0.39 is 0 Å². The normalized spacial score (nSPS) is 13.7. The Labute approximate surface area is 191 Å². The largest absolute Gasteiger partial charge is 0.495 e. The summed E-state index contributed by atoms with van der Waals surface area (Å²) in [6.45, 7) is 1.73. The summed E-state index contributed by atoms with van der Waals surface area (Å²) >= 11 is 0. The van der Waals surface area contributed by atoms with Crippen LogP contribution in [0.3, 0.4) is 0 Å². The Balaban J connectivity index is 1.33. The number of anilines is 1. The van der Waals surface area contributed by atoms with Gasteiger partial charge in [0.25, 0.3) is 0 Å². The SMILES string of the molecule is COc1cc2c(cc1NC(=O)CN1CCc3cc(OC)c(OC)cc3C1)oc1ccccc12. The van der Waals surface area contributed by atoms with Crippen LogP contribution in [0.4, 0.5) is 5.69 Å². The number of rotatable bonds is 6. The molecule has 33 heavy (non-hydrogen) atoms. The molecule has 1 aliphatic heterocycles. The zero-order valence-corrected chi connectivity index (χ0v) is 18.9. The number of para-hydroxylation sites is 1. The number of methoxy groups -OCH3 is 3. The summed E-state index contributed by atoms with van der Waals surface area (Å²) in [6, 6.07) is 15.6. The molecule has 1 aromatic heterocycles. The number of hydrogen-bond donors (Lipinski definition) is 1. The van der Waals surface area contributed by atoms with E-state index >= 15 is 0 Å². The van der Waals surface area contributed by atoms with Crippen LogP contribution in [0.25, 0.3) is 21.9 Å². The van der Waals surface area contributed by atoms with Gasteiger partial charge in [0, 0.05) is 29.9 Å². The van der Waals surface area contributed by atoms with Crippen LogP contribution in [0.5, 0.6) is 17.2 Å². The van der Waals surface area contributed by atoms with Gasteiger partial charge in [0.05, 0.1) is 33.6 Å². The zero-order chi connectivity index (χ0) is 22.9. The second-order valence-electron chi connectivity index (χ2n) is 8.13. The fraction of sp³-hybridized carbons (Fsp3) is 0.269. The standard InChI is InChI=1S/C26H26N2O5/c1-30-23-12-19-18-6-4-5-7-21(18)33-22(19)13-20(23)27-26(29)15-28-9-8-16-10-24(31-2)25(32-3)11-17(16)14-28/h4-7,10-13H,8-9,14-15H2,1-3H3,(H,27,29). The number of carbonyl (C=O) groups excluding carboxylic acids is 1. The Hall–Kier alpha value is -3.71. The predicted molar refractivity (Wildman–Crippen MR) is 127 cm³/mol. The summed E-state index contributed by atoms with van der Waals surface area (Å²) in [5.74, 6) is 1.93. The number of furan rings is 1. The van der Waals surface area contributed by atoms with Crippen molar-refractivity contribution in [2.45, 2.75) is 13.0 Å². The molecular formula is C26H26N2O5. The summed E-state index contributed by atoms with van der Waals surface area (Å²) < 4.78 is 22.4. The molecule has 170 valence electrons. The van der Waals surface area contributed by atoms with E-state index in [0.717, 1.165) is 40.6 Å². The van der Waals surface area contributed by atoms with Crippen LogP contribution in [0, 0.1) is 0 Å². The maximum absolute atomic E-state index is 12.9. The van der Waals surface area contributed by atoms with E-state index in [0.29, 0.717) is 29.3 Å². The second-order valence-corrected chi connectivity index (χ2v) is 8.13. The summed E-state index contributed by atoms with van der Waals surface area (Å²) in [6.07, 6.45) is 0.844. The highest BCUT2D eigenvalue weighted by Crippen LogP contribution is 2.37. The Morgan fingerprint density at radius 1 is 0.909 bits per heavy atom. The highest BCUT2D eigenvalue weighted by molar-refractivity contribution is 6.07. The van der Waals surface area contributed by atoms with Crippen molar-refractivity contribution in [3.05, 3.63) is 59.7 Å². The highest BCUT2D eigenvalue weighted by Gasteiger charge is 2.22. The lowest BCUT2D eigenvalue weighted by molar-refractivity contribution is -0.117.